The first-order chi connectivity index (χ1) is 30.3. The third-order valence-corrected chi connectivity index (χ3v) is 11.0. The van der Waals surface area contributed by atoms with Crippen LogP contribution in [0, 0.1) is 0 Å². The largest absolute Gasteiger partial charge is 1.00 e. The first-order valence-corrected chi connectivity index (χ1v) is 24.8. The number of nitrogens with one attached hydrogen (secondary N) is 2. The molecule has 2 N–H and O–H groups in total. The van der Waals surface area contributed by atoms with Crippen LogP contribution < -0.4 is 15.3 Å². The molecule has 65 heavy (non-hydrogen) atoms. The van der Waals surface area contributed by atoms with Gasteiger partial charge in [-0.15, -0.1) is 0 Å². The Morgan fingerprint density at radius 1 is 0.615 bits per heavy atom. The molecule has 0 aromatic rings. The number of nitrogens with zero attached hydrogens (tertiary/aromatic N) is 6. The van der Waals surface area contributed by atoms with Crippen LogP contribution >= 0.6 is 46.8 Å². The van der Waals surface area contributed by atoms with E-state index < -0.39 is 13.6 Å². The summed E-state index contributed by atoms with van der Waals surface area (Å²) >= 11 is 8.09. The highest BCUT2D eigenvalue weighted by molar-refractivity contribution is 8.76. The molecule has 4 aliphatic heterocycles. The van der Waals surface area contributed by atoms with E-state index in [1.807, 2.05) is 41.5 Å². The molecule has 0 unspecified atom stereocenters. The highest BCUT2D eigenvalue weighted by Crippen LogP contribution is 2.27. The Kier molecular flexibility index (Phi) is 43.0. The van der Waals surface area contributed by atoms with Crippen LogP contribution in [-0.2, 0) is 42.4 Å². The van der Waals surface area contributed by atoms with Crippen LogP contribution in [0.25, 0.3) is 0 Å². The third-order valence-electron chi connectivity index (χ3n) is 7.86. The third kappa shape index (κ3) is 30.0. The van der Waals surface area contributed by atoms with E-state index in [0.29, 0.717) is 106 Å². The lowest BCUT2D eigenvalue weighted by atomic mass is 10.2. The van der Waals surface area contributed by atoms with Gasteiger partial charge >= 0.3 is 7.54 Å². The molecule has 378 valence electrons. The smallest absolute Gasteiger partial charge is 0.762 e. The summed E-state index contributed by atoms with van der Waals surface area (Å²) < 4.78 is 65.1. The van der Waals surface area contributed by atoms with Crippen LogP contribution in [-0.4, -0.2) is 188 Å². The maximum atomic E-state index is 10.8. The number of thiol groups is 2. The van der Waals surface area contributed by atoms with Crippen molar-refractivity contribution in [1.29, 1.82) is 0 Å². The van der Waals surface area contributed by atoms with Gasteiger partial charge in [-0.2, -0.15) is 25.3 Å². The molecule has 4 heterocycles. The van der Waals surface area contributed by atoms with Gasteiger partial charge in [0.1, 0.15) is 63.6 Å². The second kappa shape index (κ2) is 42.3. The molecule has 0 aliphatic carbocycles. The summed E-state index contributed by atoms with van der Waals surface area (Å²) in [7, 11) is -0.246. The van der Waals surface area contributed by atoms with E-state index in [-0.39, 0.29) is 48.6 Å². The van der Waals surface area contributed by atoms with Crippen molar-refractivity contribution in [3.05, 3.63) is 0 Å². The number of hydrogen-bond acceptors (Lipinski definition) is 18. The minimum Gasteiger partial charge on any atom is -1.00 e. The van der Waals surface area contributed by atoms with E-state index in [1.54, 1.807) is 21.6 Å². The molecule has 4 aliphatic rings. The maximum Gasteiger partial charge on any atom is 0.762 e. The summed E-state index contributed by atoms with van der Waals surface area (Å²) in [6, 6.07) is -0.790. The first-order valence-electron chi connectivity index (χ1n) is 21.0. The molecule has 26 heteroatoms. The fourth-order valence-corrected chi connectivity index (χ4v) is 7.81. The molecule has 0 bridgehead atoms. The Morgan fingerprint density at radius 3 is 1.23 bits per heavy atom. The molecule has 0 saturated carbocycles. The van der Waals surface area contributed by atoms with E-state index in [0.717, 1.165) is 31.3 Å². The molecule has 0 radical (unpaired) electrons. The summed E-state index contributed by atoms with van der Waals surface area (Å²) in [5.41, 5.74) is 0. The van der Waals surface area contributed by atoms with Crippen LogP contribution in [0.2, 0.25) is 0 Å². The van der Waals surface area contributed by atoms with Crippen molar-refractivity contribution >= 4 is 102 Å². The monoisotopic (exact) mass is 1010 g/mol. The fourth-order valence-electron chi connectivity index (χ4n) is 5.08. The van der Waals surface area contributed by atoms with Gasteiger partial charge in [0.15, 0.2) is 0 Å². The van der Waals surface area contributed by atoms with Gasteiger partial charge in [0.25, 0.3) is 0 Å². The van der Waals surface area contributed by atoms with Crippen LogP contribution in [0.15, 0.2) is 30.0 Å². The van der Waals surface area contributed by atoms with Crippen molar-refractivity contribution in [2.24, 2.45) is 30.0 Å². The van der Waals surface area contributed by atoms with E-state index >= 15 is 0 Å². The summed E-state index contributed by atoms with van der Waals surface area (Å²) in [5.74, 6) is 6.18. The lowest BCUT2D eigenvalue weighted by molar-refractivity contribution is -0.133. The summed E-state index contributed by atoms with van der Waals surface area (Å²) in [4.78, 5) is 48.3. The number of halogens is 4. The van der Waals surface area contributed by atoms with Gasteiger partial charge in [-0.3, -0.25) is 22.5 Å². The van der Waals surface area contributed by atoms with Gasteiger partial charge in [0.05, 0.1) is 46.2 Å². The molecule has 17 nitrogen and oxygen atoms in total. The van der Waals surface area contributed by atoms with Crippen molar-refractivity contribution < 1.29 is 60.0 Å². The molecule has 0 spiro atoms. The van der Waals surface area contributed by atoms with Crippen molar-refractivity contribution in [1.82, 2.24) is 10.6 Å². The lowest BCUT2D eigenvalue weighted by Gasteiger charge is -2.22. The number of piperazine rings is 1. The molecule has 0 aromatic carbocycles. The van der Waals surface area contributed by atoms with E-state index in [4.69, 9.17) is 28.4 Å². The Hall–Kier alpha value is -3.10. The van der Waals surface area contributed by atoms with Gasteiger partial charge in [-0.05, 0) is 41.5 Å². The number of carbonyl (C=O) groups excluding carboxylic acids is 2. The van der Waals surface area contributed by atoms with Gasteiger partial charge in [0, 0.05) is 43.8 Å². The summed E-state index contributed by atoms with van der Waals surface area (Å²) in [6.45, 7) is 26.5. The average molecular weight is 1010 g/mol. The normalized spacial score (nSPS) is 19.4. The summed E-state index contributed by atoms with van der Waals surface area (Å²) in [5, 5.41) is 4.92. The number of hydrogen-bond donors (Lipinski definition) is 4. The van der Waals surface area contributed by atoms with Crippen LogP contribution in [0.1, 0.15) is 69.7 Å². The molecule has 4 rings (SSSR count). The van der Waals surface area contributed by atoms with Crippen molar-refractivity contribution in [3.8, 4) is 0 Å². The van der Waals surface area contributed by atoms with Crippen molar-refractivity contribution in [3.63, 3.8) is 0 Å². The fraction of sp³-hybridized carbons (Fsp3) is 0.795. The molecule has 4 atom stereocenters. The Labute approximate surface area is 403 Å². The minimum absolute atomic E-state index is 0. The Balaban J connectivity index is -0.000000863. The zero-order valence-electron chi connectivity index (χ0n) is 38.5. The second-order valence-electron chi connectivity index (χ2n) is 12.2. The summed E-state index contributed by atoms with van der Waals surface area (Å²) in [6.07, 6.45) is 0. The highest BCUT2D eigenvalue weighted by atomic mass is 33.1. The molecule has 1 saturated heterocycles. The standard InChI is InChI=1S/C18H30N4O4S2.C9H16N2O2S.C6H15O.C5H8N2O2S.CH4.BF3.FH/c1-5-23-15-9-19-17(25-7-3)13(21-15)11-27-28-12-14-18(26-8-4)20-10-16(22-14)24-6-2;1-3-12-8-5-10-9(13-4-2)7(6-14)11-8;1-4-7(5-2)6-3;8-4-1-6-5(9)3(2-10)7-4;;2-1(3)4;/h13-14H,5-12H2,1-4H3;7,14H,3-6H2,1-2H3;4-6H2,1-3H3;3,10H,1-2H2,(H,6,9)(H,7,8);1H4;;1H/q;;+1;;;;/p-1/t13-,14+;7-;;3-;;;/m.0.0.../s1. The molecule has 2 amide bonds. The number of rotatable bonds is 16. The Morgan fingerprint density at radius 2 is 0.954 bits per heavy atom. The predicted octanol–water partition coefficient (Wildman–Crippen LogP) is 2.69. The number of ether oxygens (including phenoxy) is 6. The van der Waals surface area contributed by atoms with Crippen LogP contribution in [0.5, 0.6) is 0 Å². The van der Waals surface area contributed by atoms with Crippen LogP contribution in [0.3, 0.4) is 0 Å². The topological polar surface area (TPSA) is 190 Å². The van der Waals surface area contributed by atoms with E-state index in [1.165, 1.54) is 0 Å². The first kappa shape index (κ1) is 66.2. The minimum atomic E-state index is -3.67. The van der Waals surface area contributed by atoms with E-state index in [9.17, 15) is 22.5 Å². The Bertz CT molecular complexity index is 1420. The SMILES string of the molecule is C.CCOC1=N[C@@H](CS)C(OCC)=NC1.CCOC1=N[C@@H](CSSC[C@H]2N=C(OCC)CN=C2OCC)C(OCC)=NC1.CC[O+](CC)CC.FB(F)F.O=C1CNC(=O)[C@H](CS)N1.[F-]. The number of carbonyl (C=O) groups is 2. The van der Waals surface area contributed by atoms with Crippen molar-refractivity contribution in [2.45, 2.75) is 93.9 Å². The zero-order valence-corrected chi connectivity index (χ0v) is 41.9. The average Bonchev–Trinajstić information content (AvgIpc) is 3.27. The quantitative estimate of drug-likeness (QED) is 0.0447. The highest BCUT2D eigenvalue weighted by Gasteiger charge is 2.26. The molecular weight excluding hydrogens is 940 g/mol. The van der Waals surface area contributed by atoms with Gasteiger partial charge in [0.2, 0.25) is 47.2 Å². The van der Waals surface area contributed by atoms with Crippen LogP contribution in [0.4, 0.5) is 12.9 Å². The molecule has 1 fully saturated rings. The lowest BCUT2D eigenvalue weighted by Crippen LogP contribution is -3.00. The maximum absolute atomic E-state index is 10.8. The number of amides is 2. The predicted molar refractivity (Wildman–Crippen MR) is 266 cm³/mol. The van der Waals surface area contributed by atoms with E-state index in [2.05, 4.69) is 91.0 Å². The number of aliphatic imine (C=N–C) groups is 6. The molecular formula is C39H73BF4N8O9S4. The van der Waals surface area contributed by atoms with Crippen molar-refractivity contribution in [2.75, 3.05) is 109 Å². The van der Waals surface area contributed by atoms with Gasteiger partial charge < -0.3 is 48.1 Å². The second-order valence-corrected chi connectivity index (χ2v) is 15.5. The zero-order chi connectivity index (χ0) is 47.4. The van der Waals surface area contributed by atoms with Gasteiger partial charge in [-0.25, -0.2) is 30.0 Å². The van der Waals surface area contributed by atoms with Gasteiger partial charge in [-0.1, -0.05) is 29.0 Å². The molecule has 0 aromatic heterocycles.